The highest BCUT2D eigenvalue weighted by Gasteiger charge is 2.38. The van der Waals surface area contributed by atoms with Crippen LogP contribution in [0.15, 0.2) is 53.4 Å². The first-order valence-corrected chi connectivity index (χ1v) is 12.0. The number of hydrogen-bond donors (Lipinski definition) is 0. The van der Waals surface area contributed by atoms with Crippen LogP contribution in [0.25, 0.3) is 6.08 Å². The van der Waals surface area contributed by atoms with Crippen LogP contribution in [0.1, 0.15) is 47.7 Å². The summed E-state index contributed by atoms with van der Waals surface area (Å²) in [4.78, 5) is 17.7. The van der Waals surface area contributed by atoms with E-state index >= 15 is 0 Å². The van der Waals surface area contributed by atoms with E-state index in [9.17, 15) is 22.4 Å². The number of alkyl halides is 3. The number of piperidine rings is 1. The van der Waals surface area contributed by atoms with Crippen molar-refractivity contribution in [2.75, 3.05) is 26.2 Å². The molecule has 0 bridgehead atoms. The molecular formula is C25H26F4N2OS. The van der Waals surface area contributed by atoms with Gasteiger partial charge in [-0.25, -0.2) is 4.39 Å². The van der Waals surface area contributed by atoms with Crippen molar-refractivity contribution < 1.29 is 22.4 Å². The molecule has 3 nitrogen and oxygen atoms in total. The molecule has 0 spiro atoms. The van der Waals surface area contributed by atoms with Crippen LogP contribution in [-0.2, 0) is 11.0 Å². The van der Waals surface area contributed by atoms with E-state index in [1.54, 1.807) is 29.2 Å². The first kappa shape index (κ1) is 23.8. The van der Waals surface area contributed by atoms with Crippen LogP contribution >= 0.6 is 11.8 Å². The van der Waals surface area contributed by atoms with Crippen LogP contribution < -0.4 is 0 Å². The van der Waals surface area contributed by atoms with Gasteiger partial charge < -0.3 is 9.80 Å². The zero-order valence-electron chi connectivity index (χ0n) is 18.2. The van der Waals surface area contributed by atoms with E-state index in [0.717, 1.165) is 38.2 Å². The lowest BCUT2D eigenvalue weighted by atomic mass is 10.1. The monoisotopic (exact) mass is 478 g/mol. The molecule has 1 amide bonds. The zero-order valence-corrected chi connectivity index (χ0v) is 19.0. The number of hydrogen-bond acceptors (Lipinski definition) is 3. The summed E-state index contributed by atoms with van der Waals surface area (Å²) in [6.45, 7) is 3.39. The molecule has 0 aromatic heterocycles. The number of rotatable bonds is 6. The number of nitrogens with zero attached hydrogens (tertiary/aromatic N) is 2. The molecule has 2 aromatic carbocycles. The highest BCUT2D eigenvalue weighted by Crippen LogP contribution is 2.47. The van der Waals surface area contributed by atoms with E-state index in [0.29, 0.717) is 22.6 Å². The summed E-state index contributed by atoms with van der Waals surface area (Å²) < 4.78 is 53.5. The van der Waals surface area contributed by atoms with Crippen LogP contribution in [0, 0.1) is 5.82 Å². The average Bonchev–Trinajstić information content (AvgIpc) is 3.09. The van der Waals surface area contributed by atoms with E-state index in [-0.39, 0.29) is 5.91 Å². The summed E-state index contributed by atoms with van der Waals surface area (Å²) >= 11 is 1.22. The Balaban J connectivity index is 1.57. The molecule has 176 valence electrons. The normalized spacial score (nSPS) is 21.2. The van der Waals surface area contributed by atoms with Crippen molar-refractivity contribution in [2.24, 2.45) is 0 Å². The van der Waals surface area contributed by atoms with Gasteiger partial charge >= 0.3 is 6.18 Å². The molecule has 0 saturated carbocycles. The second-order valence-corrected chi connectivity index (χ2v) is 9.53. The van der Waals surface area contributed by atoms with Gasteiger partial charge in [-0.1, -0.05) is 42.4 Å². The molecule has 2 aromatic rings. The van der Waals surface area contributed by atoms with Gasteiger partial charge in [-0.2, -0.15) is 13.2 Å². The molecule has 2 heterocycles. The molecule has 2 aliphatic rings. The molecule has 2 fully saturated rings. The molecule has 1 atom stereocenters. The fourth-order valence-electron chi connectivity index (χ4n) is 4.31. The predicted octanol–water partition coefficient (Wildman–Crippen LogP) is 6.34. The summed E-state index contributed by atoms with van der Waals surface area (Å²) in [5.41, 5.74) is 0.247. The van der Waals surface area contributed by atoms with Crippen molar-refractivity contribution in [3.63, 3.8) is 0 Å². The maximum Gasteiger partial charge on any atom is 0.416 e. The third-order valence-corrected chi connectivity index (χ3v) is 7.26. The van der Waals surface area contributed by atoms with Crippen LogP contribution in [-0.4, -0.2) is 41.9 Å². The van der Waals surface area contributed by atoms with Gasteiger partial charge in [0.25, 0.3) is 5.91 Å². The largest absolute Gasteiger partial charge is 0.416 e. The standard InChI is InChI=1S/C25H26F4N2OS/c26-21-10-4-7-18(15-21)16-22-23(32)31(14-6-13-30-11-2-1-3-12-30)24(33-22)19-8-5-9-20(17-19)25(27,28)29/h4-5,7-10,15-17,24H,1-3,6,11-14H2/b22-16+. The molecule has 4 rings (SSSR count). The number of amides is 1. The van der Waals surface area contributed by atoms with Gasteiger partial charge in [-0.05, 0) is 80.4 Å². The molecule has 0 N–H and O–H groups in total. The second kappa shape index (κ2) is 10.3. The number of carbonyl (C=O) groups excluding carboxylic acids is 1. The summed E-state index contributed by atoms with van der Waals surface area (Å²) in [5, 5.41) is -0.555. The van der Waals surface area contributed by atoms with Gasteiger partial charge in [-0.15, -0.1) is 0 Å². The van der Waals surface area contributed by atoms with Crippen molar-refractivity contribution in [1.82, 2.24) is 9.80 Å². The Kier molecular flexibility index (Phi) is 7.44. The SMILES string of the molecule is O=C1/C(=C\c2cccc(F)c2)SC(c2cccc(C(F)(F)F)c2)N1CCCN1CCCCC1. The third-order valence-electron chi connectivity index (χ3n) is 5.96. The summed E-state index contributed by atoms with van der Waals surface area (Å²) in [7, 11) is 0. The minimum absolute atomic E-state index is 0.231. The van der Waals surface area contributed by atoms with Crippen LogP contribution in [0.4, 0.5) is 17.6 Å². The Bertz CT molecular complexity index is 1020. The van der Waals surface area contributed by atoms with Crippen molar-refractivity contribution >= 4 is 23.7 Å². The minimum Gasteiger partial charge on any atom is -0.322 e. The smallest absolute Gasteiger partial charge is 0.322 e. The van der Waals surface area contributed by atoms with Gasteiger partial charge in [-0.3, -0.25) is 4.79 Å². The molecule has 2 saturated heterocycles. The summed E-state index contributed by atoms with van der Waals surface area (Å²) in [5.74, 6) is -0.641. The van der Waals surface area contributed by atoms with Gasteiger partial charge in [0.1, 0.15) is 11.2 Å². The third kappa shape index (κ3) is 5.98. The average molecular weight is 479 g/mol. The topological polar surface area (TPSA) is 23.6 Å². The quantitative estimate of drug-likeness (QED) is 0.358. The van der Waals surface area contributed by atoms with E-state index in [1.165, 1.54) is 49.2 Å². The predicted molar refractivity (Wildman–Crippen MR) is 123 cm³/mol. The Hall–Kier alpha value is -2.32. The fraction of sp³-hybridized carbons (Fsp3) is 0.400. The second-order valence-electron chi connectivity index (χ2n) is 8.41. The molecule has 33 heavy (non-hydrogen) atoms. The van der Waals surface area contributed by atoms with Gasteiger partial charge in [0, 0.05) is 6.54 Å². The Morgan fingerprint density at radius 1 is 1.00 bits per heavy atom. The minimum atomic E-state index is -4.46. The number of carbonyl (C=O) groups is 1. The van der Waals surface area contributed by atoms with E-state index in [2.05, 4.69) is 4.90 Å². The Morgan fingerprint density at radius 2 is 1.76 bits per heavy atom. The highest BCUT2D eigenvalue weighted by atomic mass is 32.2. The summed E-state index contributed by atoms with van der Waals surface area (Å²) in [6.07, 6.45) is 1.49. The maximum atomic E-state index is 13.6. The molecule has 0 aliphatic carbocycles. The van der Waals surface area contributed by atoms with Crippen LogP contribution in [0.2, 0.25) is 0 Å². The number of benzene rings is 2. The maximum absolute atomic E-state index is 13.6. The van der Waals surface area contributed by atoms with Crippen LogP contribution in [0.3, 0.4) is 0 Å². The molecule has 8 heteroatoms. The van der Waals surface area contributed by atoms with Crippen molar-refractivity contribution in [2.45, 2.75) is 37.2 Å². The van der Waals surface area contributed by atoms with Gasteiger partial charge in [0.15, 0.2) is 0 Å². The molecular weight excluding hydrogens is 452 g/mol. The molecule has 1 unspecified atom stereocenters. The first-order valence-electron chi connectivity index (χ1n) is 11.2. The lowest BCUT2D eigenvalue weighted by Crippen LogP contribution is -2.34. The lowest BCUT2D eigenvalue weighted by molar-refractivity contribution is -0.137. The highest BCUT2D eigenvalue weighted by molar-refractivity contribution is 8.04. The molecule has 2 aliphatic heterocycles. The van der Waals surface area contributed by atoms with Crippen molar-refractivity contribution in [3.05, 3.63) is 75.9 Å². The molecule has 0 radical (unpaired) electrons. The van der Waals surface area contributed by atoms with Crippen molar-refractivity contribution in [3.8, 4) is 0 Å². The zero-order chi connectivity index (χ0) is 23.4. The number of likely N-dealkylation sites (tertiary alicyclic amines) is 1. The van der Waals surface area contributed by atoms with E-state index < -0.39 is 22.9 Å². The van der Waals surface area contributed by atoms with Gasteiger partial charge in [0.2, 0.25) is 0 Å². The fourth-order valence-corrected chi connectivity index (χ4v) is 5.58. The lowest BCUT2D eigenvalue weighted by Gasteiger charge is -2.28. The van der Waals surface area contributed by atoms with Crippen LogP contribution in [0.5, 0.6) is 0 Å². The van der Waals surface area contributed by atoms with E-state index in [4.69, 9.17) is 0 Å². The van der Waals surface area contributed by atoms with E-state index in [1.807, 2.05) is 0 Å². The Morgan fingerprint density at radius 3 is 2.48 bits per heavy atom. The number of thioether (sulfide) groups is 1. The van der Waals surface area contributed by atoms with Gasteiger partial charge in [0.05, 0.1) is 10.5 Å². The number of halogens is 4. The summed E-state index contributed by atoms with van der Waals surface area (Å²) in [6, 6.07) is 11.1. The first-order chi connectivity index (χ1) is 15.8. The van der Waals surface area contributed by atoms with Crippen molar-refractivity contribution in [1.29, 1.82) is 0 Å². The Labute approximate surface area is 195 Å².